The maximum absolute atomic E-state index is 5.07. The number of nitrogens with one attached hydrogen (secondary N) is 1. The zero-order valence-electron chi connectivity index (χ0n) is 21.0. The Bertz CT molecular complexity index is 1290. The lowest BCUT2D eigenvalue weighted by atomic mass is 9.95. The minimum atomic E-state index is 0.456. The SMILES string of the molecule is CN1CCN(c2ccc(-c3nc(NCc4cccnc4)c4ncn(C5CCCCC5)c4n3)cc2)CC1. The quantitative estimate of drug-likeness (QED) is 0.425. The molecular weight excluding hydrogens is 448 g/mol. The molecule has 2 fully saturated rings. The first kappa shape index (κ1) is 22.9. The van der Waals surface area contributed by atoms with Gasteiger partial charge in [0.05, 0.1) is 6.33 Å². The van der Waals surface area contributed by atoms with Crippen molar-refractivity contribution in [3.8, 4) is 11.4 Å². The number of nitrogens with zero attached hydrogens (tertiary/aromatic N) is 7. The van der Waals surface area contributed by atoms with Gasteiger partial charge in [-0.05, 0) is 55.8 Å². The molecule has 1 N–H and O–H groups in total. The first-order valence-electron chi connectivity index (χ1n) is 13.2. The predicted octanol–water partition coefficient (Wildman–Crippen LogP) is 4.76. The van der Waals surface area contributed by atoms with Crippen molar-refractivity contribution < 1.29 is 0 Å². The molecule has 1 aliphatic heterocycles. The number of hydrogen-bond donors (Lipinski definition) is 1. The van der Waals surface area contributed by atoms with E-state index in [-0.39, 0.29) is 0 Å². The standard InChI is InChI=1S/C28H34N8/c1-34-14-16-35(17-15-34)23-11-9-22(10-12-23)26-32-27(30-19-21-6-5-13-29-18-21)25-28(33-26)36(20-31-25)24-7-3-2-4-8-24/h5-6,9-13,18,20,24H,2-4,7-8,14-17,19H2,1H3,(H,30,32,33). The number of fused-ring (bicyclic) bond motifs is 1. The summed E-state index contributed by atoms with van der Waals surface area (Å²) in [5.41, 5.74) is 5.14. The first-order valence-corrected chi connectivity index (χ1v) is 13.2. The molecule has 2 aliphatic rings. The Balaban J connectivity index is 1.34. The lowest BCUT2D eigenvalue weighted by Gasteiger charge is -2.34. The molecule has 36 heavy (non-hydrogen) atoms. The number of likely N-dealkylation sites (N-methyl/N-ethyl adjacent to an activating group) is 1. The highest BCUT2D eigenvalue weighted by molar-refractivity contribution is 5.85. The second kappa shape index (κ2) is 10.2. The maximum Gasteiger partial charge on any atom is 0.166 e. The van der Waals surface area contributed by atoms with E-state index in [2.05, 4.69) is 62.0 Å². The summed E-state index contributed by atoms with van der Waals surface area (Å²) in [5, 5.41) is 3.52. The summed E-state index contributed by atoms with van der Waals surface area (Å²) in [6.45, 7) is 4.94. The largest absolute Gasteiger partial charge is 0.369 e. The van der Waals surface area contributed by atoms with Crippen LogP contribution in [0.25, 0.3) is 22.6 Å². The number of imidazole rings is 1. The average molecular weight is 483 g/mol. The summed E-state index contributed by atoms with van der Waals surface area (Å²) in [4.78, 5) is 23.9. The number of anilines is 2. The van der Waals surface area contributed by atoms with E-state index in [1.54, 1.807) is 6.20 Å². The van der Waals surface area contributed by atoms with Crippen LogP contribution in [0.15, 0.2) is 55.1 Å². The van der Waals surface area contributed by atoms with Gasteiger partial charge in [0, 0.05) is 62.4 Å². The van der Waals surface area contributed by atoms with E-state index in [0.717, 1.165) is 60.1 Å². The zero-order valence-corrected chi connectivity index (χ0v) is 21.0. The van der Waals surface area contributed by atoms with Crippen molar-refractivity contribution >= 4 is 22.7 Å². The smallest absolute Gasteiger partial charge is 0.166 e. The topological polar surface area (TPSA) is 75.0 Å². The fourth-order valence-electron chi connectivity index (χ4n) is 5.37. The second-order valence-corrected chi connectivity index (χ2v) is 10.1. The highest BCUT2D eigenvalue weighted by Gasteiger charge is 2.21. The molecule has 3 aromatic heterocycles. The van der Waals surface area contributed by atoms with Crippen LogP contribution in [0.4, 0.5) is 11.5 Å². The lowest BCUT2D eigenvalue weighted by molar-refractivity contribution is 0.313. The highest BCUT2D eigenvalue weighted by Crippen LogP contribution is 2.33. The van der Waals surface area contributed by atoms with Gasteiger partial charge in [-0.2, -0.15) is 0 Å². The normalized spacial score (nSPS) is 17.5. The monoisotopic (exact) mass is 482 g/mol. The molecule has 1 saturated carbocycles. The molecule has 0 spiro atoms. The van der Waals surface area contributed by atoms with E-state index < -0.39 is 0 Å². The number of benzene rings is 1. The van der Waals surface area contributed by atoms with E-state index in [9.17, 15) is 0 Å². The third-order valence-electron chi connectivity index (χ3n) is 7.57. The van der Waals surface area contributed by atoms with Gasteiger partial charge in [-0.1, -0.05) is 25.3 Å². The Morgan fingerprint density at radius 1 is 0.944 bits per heavy atom. The summed E-state index contributed by atoms with van der Waals surface area (Å²) in [5.74, 6) is 1.51. The molecule has 8 nitrogen and oxygen atoms in total. The third-order valence-corrected chi connectivity index (χ3v) is 7.57. The van der Waals surface area contributed by atoms with Crippen molar-refractivity contribution in [2.24, 2.45) is 0 Å². The Labute approximate surface area is 212 Å². The van der Waals surface area contributed by atoms with Gasteiger partial charge >= 0.3 is 0 Å². The van der Waals surface area contributed by atoms with Crippen LogP contribution in [0.3, 0.4) is 0 Å². The van der Waals surface area contributed by atoms with E-state index in [4.69, 9.17) is 15.0 Å². The van der Waals surface area contributed by atoms with Gasteiger partial charge in [0.15, 0.2) is 17.3 Å². The fraction of sp³-hybridized carbons (Fsp3) is 0.429. The van der Waals surface area contributed by atoms with Crippen molar-refractivity contribution in [1.29, 1.82) is 0 Å². The van der Waals surface area contributed by atoms with Crippen LogP contribution >= 0.6 is 0 Å². The Morgan fingerprint density at radius 2 is 1.75 bits per heavy atom. The van der Waals surface area contributed by atoms with Crippen LogP contribution in [0, 0.1) is 0 Å². The minimum Gasteiger partial charge on any atom is -0.369 e. The molecule has 0 amide bonds. The van der Waals surface area contributed by atoms with Gasteiger partial charge in [-0.25, -0.2) is 15.0 Å². The lowest BCUT2D eigenvalue weighted by Crippen LogP contribution is -2.44. The molecule has 186 valence electrons. The minimum absolute atomic E-state index is 0.456. The molecule has 0 unspecified atom stereocenters. The Hall–Kier alpha value is -3.52. The predicted molar refractivity (Wildman–Crippen MR) is 144 cm³/mol. The van der Waals surface area contributed by atoms with Gasteiger partial charge in [0.2, 0.25) is 0 Å². The van der Waals surface area contributed by atoms with Crippen LogP contribution < -0.4 is 10.2 Å². The van der Waals surface area contributed by atoms with Crippen LogP contribution in [-0.2, 0) is 6.54 Å². The van der Waals surface area contributed by atoms with Crippen LogP contribution in [0.5, 0.6) is 0 Å². The molecule has 1 aromatic carbocycles. The molecule has 1 saturated heterocycles. The van der Waals surface area contributed by atoms with Gasteiger partial charge in [-0.15, -0.1) is 0 Å². The molecule has 4 heterocycles. The summed E-state index contributed by atoms with van der Waals surface area (Å²) >= 11 is 0. The molecule has 6 rings (SSSR count). The van der Waals surface area contributed by atoms with Crippen molar-refractivity contribution in [3.05, 3.63) is 60.7 Å². The molecule has 1 aliphatic carbocycles. The van der Waals surface area contributed by atoms with Gasteiger partial charge in [-0.3, -0.25) is 4.98 Å². The van der Waals surface area contributed by atoms with Crippen LogP contribution in [-0.4, -0.2) is 62.6 Å². The number of hydrogen-bond acceptors (Lipinski definition) is 7. The zero-order chi connectivity index (χ0) is 24.3. The molecule has 8 heteroatoms. The van der Waals surface area contributed by atoms with Crippen molar-refractivity contribution in [3.63, 3.8) is 0 Å². The average Bonchev–Trinajstić information content (AvgIpc) is 3.38. The summed E-state index contributed by atoms with van der Waals surface area (Å²) < 4.78 is 2.29. The van der Waals surface area contributed by atoms with Crippen LogP contribution in [0.2, 0.25) is 0 Å². The molecule has 0 radical (unpaired) electrons. The van der Waals surface area contributed by atoms with Crippen LogP contribution in [0.1, 0.15) is 43.7 Å². The van der Waals surface area contributed by atoms with E-state index in [1.165, 1.54) is 37.8 Å². The summed E-state index contributed by atoms with van der Waals surface area (Å²) in [6.07, 6.45) is 11.9. The summed E-state index contributed by atoms with van der Waals surface area (Å²) in [6, 6.07) is 13.2. The third kappa shape index (κ3) is 4.78. The van der Waals surface area contributed by atoms with E-state index in [0.29, 0.717) is 12.6 Å². The molecule has 0 atom stereocenters. The first-order chi connectivity index (χ1) is 17.7. The van der Waals surface area contributed by atoms with Gasteiger partial charge < -0.3 is 19.7 Å². The molecular formula is C28H34N8. The van der Waals surface area contributed by atoms with Gasteiger partial charge in [0.1, 0.15) is 5.52 Å². The fourth-order valence-corrected chi connectivity index (χ4v) is 5.37. The molecule has 4 aromatic rings. The highest BCUT2D eigenvalue weighted by atomic mass is 15.2. The van der Waals surface area contributed by atoms with E-state index in [1.807, 2.05) is 18.6 Å². The second-order valence-electron chi connectivity index (χ2n) is 10.1. The van der Waals surface area contributed by atoms with Crippen molar-refractivity contribution in [2.75, 3.05) is 43.4 Å². The van der Waals surface area contributed by atoms with Crippen molar-refractivity contribution in [1.82, 2.24) is 29.4 Å². The summed E-state index contributed by atoms with van der Waals surface area (Å²) in [7, 11) is 2.19. The number of aromatic nitrogens is 5. The van der Waals surface area contributed by atoms with Crippen molar-refractivity contribution in [2.45, 2.75) is 44.7 Å². The van der Waals surface area contributed by atoms with E-state index >= 15 is 0 Å². The number of piperazine rings is 1. The number of pyridine rings is 1. The van der Waals surface area contributed by atoms with Gasteiger partial charge in [0.25, 0.3) is 0 Å². The Kier molecular flexibility index (Phi) is 6.51. The molecule has 0 bridgehead atoms. The number of rotatable bonds is 6. The Morgan fingerprint density at radius 3 is 2.50 bits per heavy atom. The maximum atomic E-state index is 5.07.